The summed E-state index contributed by atoms with van der Waals surface area (Å²) in [7, 11) is 0. The fourth-order valence-corrected chi connectivity index (χ4v) is 3.46. The van der Waals surface area contributed by atoms with Gasteiger partial charge in [0.1, 0.15) is 5.76 Å². The van der Waals surface area contributed by atoms with E-state index in [-0.39, 0.29) is 23.5 Å². The molecule has 3 rings (SSSR count). The van der Waals surface area contributed by atoms with E-state index >= 15 is 0 Å². The number of hydrogen-bond acceptors (Lipinski definition) is 6. The van der Waals surface area contributed by atoms with Crippen LogP contribution in [0.4, 0.5) is 5.13 Å². The maximum absolute atomic E-state index is 12.1. The lowest BCUT2D eigenvalue weighted by Gasteiger charge is -2.26. The van der Waals surface area contributed by atoms with Crippen LogP contribution < -0.4 is 11.1 Å². The van der Waals surface area contributed by atoms with E-state index in [4.69, 9.17) is 10.2 Å². The van der Waals surface area contributed by atoms with Crippen LogP contribution in [0.15, 0.2) is 16.5 Å². The molecule has 1 amide bonds. The molecule has 3 N–H and O–H groups in total. The molecule has 0 bridgehead atoms. The average molecular weight is 319 g/mol. The minimum absolute atomic E-state index is 0.0868. The summed E-state index contributed by atoms with van der Waals surface area (Å²) in [6, 6.07) is 3.23. The van der Waals surface area contributed by atoms with E-state index in [9.17, 15) is 9.59 Å². The highest BCUT2D eigenvalue weighted by Crippen LogP contribution is 2.38. The number of carbonyl (C=O) groups is 2. The predicted molar refractivity (Wildman–Crippen MR) is 83.1 cm³/mol. The van der Waals surface area contributed by atoms with Crippen molar-refractivity contribution in [2.45, 2.75) is 33.2 Å². The minimum Gasteiger partial charge on any atom is -0.455 e. The third kappa shape index (κ3) is 2.82. The standard InChI is InChI=1S/C15H17N3O3S/c1-15(2)5-9-12(10(19)6-15)22-14(17-9)18-13(20)11-4-3-8(7-16)21-11/h3-4H,5-7,16H2,1-2H3,(H,17,18,20). The summed E-state index contributed by atoms with van der Waals surface area (Å²) in [6.45, 7) is 4.33. The molecular weight excluding hydrogens is 302 g/mol. The van der Waals surface area contributed by atoms with Crippen LogP contribution >= 0.6 is 11.3 Å². The summed E-state index contributed by atoms with van der Waals surface area (Å²) in [5.74, 6) is 0.422. The van der Waals surface area contributed by atoms with Gasteiger partial charge in [0.25, 0.3) is 5.91 Å². The number of nitrogens with zero attached hydrogens (tertiary/aromatic N) is 1. The highest BCUT2D eigenvalue weighted by atomic mass is 32.1. The van der Waals surface area contributed by atoms with Gasteiger partial charge in [0, 0.05) is 6.42 Å². The number of nitrogens with two attached hydrogens (primary N) is 1. The largest absolute Gasteiger partial charge is 0.455 e. The maximum atomic E-state index is 12.1. The lowest BCUT2D eigenvalue weighted by Crippen LogP contribution is -2.26. The number of nitrogens with one attached hydrogen (secondary N) is 1. The second-order valence-electron chi connectivity index (χ2n) is 6.16. The molecule has 6 nitrogen and oxygen atoms in total. The van der Waals surface area contributed by atoms with Crippen LogP contribution in [-0.4, -0.2) is 16.7 Å². The smallest absolute Gasteiger partial charge is 0.293 e. The van der Waals surface area contributed by atoms with Gasteiger partial charge >= 0.3 is 0 Å². The number of thiazole rings is 1. The lowest BCUT2D eigenvalue weighted by molar-refractivity contribution is 0.0915. The lowest BCUT2D eigenvalue weighted by atomic mass is 9.78. The fraction of sp³-hybridized carbons (Fsp3) is 0.400. The van der Waals surface area contributed by atoms with E-state index in [2.05, 4.69) is 10.3 Å². The number of carbonyl (C=O) groups excluding carboxylic acids is 2. The van der Waals surface area contributed by atoms with E-state index in [1.54, 1.807) is 12.1 Å². The topological polar surface area (TPSA) is 98.2 Å². The maximum Gasteiger partial charge on any atom is 0.293 e. The Morgan fingerprint density at radius 3 is 2.91 bits per heavy atom. The zero-order chi connectivity index (χ0) is 15.9. The van der Waals surface area contributed by atoms with Crippen molar-refractivity contribution in [3.05, 3.63) is 34.2 Å². The van der Waals surface area contributed by atoms with Gasteiger partial charge in [-0.05, 0) is 24.0 Å². The van der Waals surface area contributed by atoms with Crippen molar-refractivity contribution in [2.75, 3.05) is 5.32 Å². The predicted octanol–water partition coefficient (Wildman–Crippen LogP) is 2.60. The highest BCUT2D eigenvalue weighted by Gasteiger charge is 2.34. The first kappa shape index (κ1) is 14.9. The van der Waals surface area contributed by atoms with Gasteiger partial charge in [-0.3, -0.25) is 14.9 Å². The average Bonchev–Trinajstić information content (AvgIpc) is 3.03. The highest BCUT2D eigenvalue weighted by molar-refractivity contribution is 7.17. The quantitative estimate of drug-likeness (QED) is 0.906. The summed E-state index contributed by atoms with van der Waals surface area (Å²) >= 11 is 1.22. The number of rotatable bonds is 3. The van der Waals surface area contributed by atoms with Crippen LogP contribution in [0.5, 0.6) is 0 Å². The van der Waals surface area contributed by atoms with Gasteiger partial charge in [-0.2, -0.15) is 0 Å². The number of fused-ring (bicyclic) bond motifs is 1. The van der Waals surface area contributed by atoms with Crippen molar-refractivity contribution in [3.8, 4) is 0 Å². The van der Waals surface area contributed by atoms with Crippen molar-refractivity contribution < 1.29 is 14.0 Å². The van der Waals surface area contributed by atoms with Crippen molar-refractivity contribution in [1.82, 2.24) is 4.98 Å². The number of ketones is 1. The summed E-state index contributed by atoms with van der Waals surface area (Å²) < 4.78 is 5.30. The molecule has 22 heavy (non-hydrogen) atoms. The Morgan fingerprint density at radius 1 is 1.45 bits per heavy atom. The van der Waals surface area contributed by atoms with Crippen LogP contribution in [0.25, 0.3) is 0 Å². The number of amides is 1. The molecule has 2 aromatic heterocycles. The summed E-state index contributed by atoms with van der Waals surface area (Å²) in [5.41, 5.74) is 6.13. The first-order valence-electron chi connectivity index (χ1n) is 7.01. The number of hydrogen-bond donors (Lipinski definition) is 2. The number of anilines is 1. The Hall–Kier alpha value is -1.99. The van der Waals surface area contributed by atoms with E-state index in [0.29, 0.717) is 22.2 Å². The van der Waals surface area contributed by atoms with Crippen LogP contribution in [0.1, 0.15) is 51.9 Å². The molecule has 1 aliphatic carbocycles. The zero-order valence-electron chi connectivity index (χ0n) is 12.4. The molecule has 0 unspecified atom stereocenters. The Bertz CT molecular complexity index is 745. The SMILES string of the molecule is CC1(C)CC(=O)c2sc(NC(=O)c3ccc(CN)o3)nc2C1. The summed E-state index contributed by atoms with van der Waals surface area (Å²) in [5, 5.41) is 3.11. The number of Topliss-reactive ketones (excluding diaryl/α,β-unsaturated/α-hetero) is 1. The van der Waals surface area contributed by atoms with Gasteiger partial charge in [-0.15, -0.1) is 0 Å². The van der Waals surface area contributed by atoms with Crippen molar-refractivity contribution >= 4 is 28.2 Å². The Balaban J connectivity index is 1.80. The first-order valence-corrected chi connectivity index (χ1v) is 7.83. The van der Waals surface area contributed by atoms with Gasteiger partial charge in [0.15, 0.2) is 16.7 Å². The molecule has 7 heteroatoms. The normalized spacial score (nSPS) is 16.4. The van der Waals surface area contributed by atoms with Crippen LogP contribution in [0.2, 0.25) is 0 Å². The Morgan fingerprint density at radius 2 is 2.23 bits per heavy atom. The molecule has 0 atom stereocenters. The minimum atomic E-state index is -0.391. The van der Waals surface area contributed by atoms with Crippen molar-refractivity contribution in [2.24, 2.45) is 11.1 Å². The first-order chi connectivity index (χ1) is 10.4. The van der Waals surface area contributed by atoms with Gasteiger partial charge in [0.2, 0.25) is 0 Å². The van der Waals surface area contributed by atoms with E-state index < -0.39 is 5.91 Å². The summed E-state index contributed by atoms with van der Waals surface area (Å²) in [4.78, 5) is 29.3. The molecule has 0 radical (unpaired) electrons. The molecule has 0 saturated carbocycles. The van der Waals surface area contributed by atoms with E-state index in [1.165, 1.54) is 11.3 Å². The second-order valence-corrected chi connectivity index (χ2v) is 7.16. The van der Waals surface area contributed by atoms with Gasteiger partial charge < -0.3 is 10.2 Å². The number of furan rings is 1. The molecule has 2 aromatic rings. The fourth-order valence-electron chi connectivity index (χ4n) is 2.54. The molecule has 2 heterocycles. The third-order valence-corrected chi connectivity index (χ3v) is 4.60. The van der Waals surface area contributed by atoms with Crippen molar-refractivity contribution in [1.29, 1.82) is 0 Å². The molecule has 0 fully saturated rings. The molecule has 1 aliphatic rings. The van der Waals surface area contributed by atoms with Gasteiger partial charge in [-0.1, -0.05) is 25.2 Å². The van der Waals surface area contributed by atoms with Crippen molar-refractivity contribution in [3.63, 3.8) is 0 Å². The molecule has 0 aromatic carbocycles. The Kier molecular flexibility index (Phi) is 3.62. The monoisotopic (exact) mass is 319 g/mol. The summed E-state index contributed by atoms with van der Waals surface area (Å²) in [6.07, 6.45) is 1.24. The molecule has 0 saturated heterocycles. The third-order valence-electron chi connectivity index (χ3n) is 3.54. The molecular formula is C15H17N3O3S. The van der Waals surface area contributed by atoms with Gasteiger partial charge in [0.05, 0.1) is 17.1 Å². The van der Waals surface area contributed by atoms with E-state index in [0.717, 1.165) is 12.1 Å². The van der Waals surface area contributed by atoms with Crippen LogP contribution in [0, 0.1) is 5.41 Å². The number of aromatic nitrogens is 1. The van der Waals surface area contributed by atoms with E-state index in [1.807, 2.05) is 13.8 Å². The van der Waals surface area contributed by atoms with Gasteiger partial charge in [-0.25, -0.2) is 4.98 Å². The zero-order valence-corrected chi connectivity index (χ0v) is 13.3. The Labute approximate surface area is 131 Å². The molecule has 116 valence electrons. The van der Waals surface area contributed by atoms with Crippen LogP contribution in [0.3, 0.4) is 0 Å². The second kappa shape index (κ2) is 5.33. The molecule has 0 spiro atoms. The van der Waals surface area contributed by atoms with Crippen LogP contribution in [-0.2, 0) is 13.0 Å². The molecule has 0 aliphatic heterocycles.